The van der Waals surface area contributed by atoms with Crippen molar-refractivity contribution >= 4 is 51.7 Å². The van der Waals surface area contributed by atoms with Crippen molar-refractivity contribution in [3.8, 4) is 0 Å². The van der Waals surface area contributed by atoms with Gasteiger partial charge in [0.2, 0.25) is 0 Å². The molecular formula is C40H35F2N6O5S2+. The maximum absolute atomic E-state index is 13.8. The minimum absolute atomic E-state index is 0.0763. The summed E-state index contributed by atoms with van der Waals surface area (Å²) in [6.45, 7) is 0.806. The third-order valence-corrected chi connectivity index (χ3v) is 11.7. The molecule has 0 spiro atoms. The number of fused-ring (bicyclic) bond motifs is 1. The van der Waals surface area contributed by atoms with Crippen LogP contribution in [0.25, 0.3) is 0 Å². The third-order valence-electron chi connectivity index (χ3n) is 9.61. The number of rotatable bonds is 13. The van der Waals surface area contributed by atoms with E-state index in [0.29, 0.717) is 10.7 Å². The molecule has 2 amide bonds. The third kappa shape index (κ3) is 7.32. The number of thiazole rings is 1. The van der Waals surface area contributed by atoms with Crippen molar-refractivity contribution < 1.29 is 37.7 Å². The number of carboxylic acid groups (broad SMARTS) is 1. The number of oxime groups is 1. The van der Waals surface area contributed by atoms with Gasteiger partial charge in [-0.05, 0) is 29.7 Å². The Morgan fingerprint density at radius 3 is 2.15 bits per heavy atom. The van der Waals surface area contributed by atoms with Gasteiger partial charge in [-0.25, -0.2) is 9.78 Å². The van der Waals surface area contributed by atoms with Gasteiger partial charge in [-0.15, -0.1) is 23.1 Å². The molecule has 11 nitrogen and oxygen atoms in total. The van der Waals surface area contributed by atoms with Gasteiger partial charge in [-0.1, -0.05) is 96.2 Å². The zero-order valence-electron chi connectivity index (χ0n) is 29.6. The number of carboxylic acids is 1. The van der Waals surface area contributed by atoms with Crippen LogP contribution in [0.15, 0.2) is 131 Å². The van der Waals surface area contributed by atoms with Crippen LogP contribution in [0.4, 0.5) is 13.9 Å². The van der Waals surface area contributed by atoms with E-state index in [4.69, 9.17) is 0 Å². The molecule has 2 aromatic heterocycles. The van der Waals surface area contributed by atoms with E-state index in [-0.39, 0.29) is 23.7 Å². The van der Waals surface area contributed by atoms with Gasteiger partial charge < -0.3 is 20.6 Å². The number of aryl methyl sites for hydroxylation is 1. The van der Waals surface area contributed by atoms with E-state index >= 15 is 0 Å². The van der Waals surface area contributed by atoms with Crippen molar-refractivity contribution in [2.45, 2.75) is 44.0 Å². The van der Waals surface area contributed by atoms with Gasteiger partial charge in [0, 0.05) is 35.3 Å². The van der Waals surface area contributed by atoms with Gasteiger partial charge in [0.05, 0.1) is 0 Å². The first-order chi connectivity index (χ1) is 26.6. The van der Waals surface area contributed by atoms with Crippen LogP contribution in [0.1, 0.15) is 33.6 Å². The van der Waals surface area contributed by atoms with E-state index < -0.39 is 47.1 Å². The lowest BCUT2D eigenvalue weighted by molar-refractivity contribution is -0.695. The second-order valence-electron chi connectivity index (χ2n) is 12.8. The number of nitrogens with zero attached hydrogens (tertiary/aromatic N) is 4. The molecule has 280 valence electrons. The van der Waals surface area contributed by atoms with Crippen LogP contribution in [-0.4, -0.2) is 62.3 Å². The van der Waals surface area contributed by atoms with E-state index in [1.54, 1.807) is 0 Å². The lowest BCUT2D eigenvalue weighted by Gasteiger charge is -2.49. The van der Waals surface area contributed by atoms with Crippen LogP contribution in [0.5, 0.6) is 0 Å². The molecule has 3 N–H and O–H groups in total. The molecule has 55 heavy (non-hydrogen) atoms. The Morgan fingerprint density at radius 2 is 1.58 bits per heavy atom. The highest BCUT2D eigenvalue weighted by Crippen LogP contribution is 2.42. The monoisotopic (exact) mass is 781 g/mol. The molecule has 1 unspecified atom stereocenters. The molecule has 0 aliphatic carbocycles. The molecule has 7 rings (SSSR count). The number of hydrogen-bond acceptors (Lipinski definition) is 9. The summed E-state index contributed by atoms with van der Waals surface area (Å²) in [5, 5.41) is 20.9. The van der Waals surface area contributed by atoms with Gasteiger partial charge in [0.15, 0.2) is 29.3 Å². The average molecular weight is 782 g/mol. The van der Waals surface area contributed by atoms with Crippen molar-refractivity contribution in [1.29, 1.82) is 0 Å². The van der Waals surface area contributed by atoms with E-state index in [9.17, 15) is 28.3 Å². The standard InChI is InChI=1S/C40H34F2N6O5S2/c1-24-13-12-20-47(25(24)2)21-26-22-54-36-32(35(50)48(36)33(26)37(51)52)44-34(49)31(46-53-38(41)42)30-23-55-39(43-30)45-40(27-14-6-3-7-15-27,28-16-8-4-9-17-28)29-18-10-5-11-19-29/h3-20,23,32,36,38H,21-22H2,1-2H3,(H2-,43,44,45,49,51,52)/p+1/t32?,36-/m1/s1. The largest absolute Gasteiger partial charge is 0.477 e. The van der Waals surface area contributed by atoms with Crippen molar-refractivity contribution in [2.75, 3.05) is 11.1 Å². The molecule has 15 heteroatoms. The smallest absolute Gasteiger partial charge is 0.407 e. The lowest BCUT2D eigenvalue weighted by atomic mass is 9.77. The van der Waals surface area contributed by atoms with E-state index in [2.05, 4.69) is 25.6 Å². The number of nitrogens with one attached hydrogen (secondary N) is 2. The van der Waals surface area contributed by atoms with Crippen LogP contribution in [0.2, 0.25) is 0 Å². The molecule has 0 saturated carbocycles. The van der Waals surface area contributed by atoms with Crippen LogP contribution >= 0.6 is 23.1 Å². The Hall–Kier alpha value is -5.93. The van der Waals surface area contributed by atoms with Crippen molar-refractivity contribution in [2.24, 2.45) is 5.16 Å². The Balaban J connectivity index is 1.17. The molecule has 5 aromatic rings. The van der Waals surface area contributed by atoms with E-state index in [1.165, 1.54) is 17.1 Å². The minimum atomic E-state index is -3.34. The summed E-state index contributed by atoms with van der Waals surface area (Å²) in [6, 6.07) is 31.9. The molecule has 1 saturated heterocycles. The van der Waals surface area contributed by atoms with Gasteiger partial charge in [0.1, 0.15) is 28.3 Å². The zero-order chi connectivity index (χ0) is 38.7. The first kappa shape index (κ1) is 37.4. The fourth-order valence-electron chi connectivity index (χ4n) is 6.82. The summed E-state index contributed by atoms with van der Waals surface area (Å²) in [4.78, 5) is 49.9. The van der Waals surface area contributed by atoms with Crippen molar-refractivity contribution in [3.63, 3.8) is 0 Å². The Morgan fingerprint density at radius 1 is 0.982 bits per heavy atom. The van der Waals surface area contributed by atoms with Crippen LogP contribution in [0, 0.1) is 13.8 Å². The first-order valence-corrected chi connectivity index (χ1v) is 19.1. The Labute approximate surface area is 323 Å². The van der Waals surface area contributed by atoms with E-state index in [1.807, 2.05) is 128 Å². The van der Waals surface area contributed by atoms with Crippen LogP contribution < -0.4 is 15.2 Å². The summed E-state index contributed by atoms with van der Waals surface area (Å²) in [5.41, 5.74) is 3.42. The first-order valence-electron chi connectivity index (χ1n) is 17.2. The summed E-state index contributed by atoms with van der Waals surface area (Å²) < 4.78 is 28.6. The average Bonchev–Trinajstić information content (AvgIpc) is 3.66. The number of β-lactam (4-membered cyclic amide) rings is 1. The maximum atomic E-state index is 13.8. The highest BCUT2D eigenvalue weighted by atomic mass is 32.2. The molecule has 3 aromatic carbocycles. The second kappa shape index (κ2) is 15.8. The number of thioether (sulfide) groups is 1. The number of alkyl halides is 2. The fourth-order valence-corrected chi connectivity index (χ4v) is 8.91. The summed E-state index contributed by atoms with van der Waals surface area (Å²) in [7, 11) is 0. The minimum Gasteiger partial charge on any atom is -0.477 e. The number of aromatic nitrogens is 2. The van der Waals surface area contributed by atoms with Crippen molar-refractivity contribution in [1.82, 2.24) is 15.2 Å². The Kier molecular flexibility index (Phi) is 10.7. The zero-order valence-corrected chi connectivity index (χ0v) is 31.2. The highest BCUT2D eigenvalue weighted by Gasteiger charge is 2.55. The number of amides is 2. The summed E-state index contributed by atoms with van der Waals surface area (Å²) >= 11 is 2.42. The number of hydrogen-bond donors (Lipinski definition) is 3. The topological polar surface area (TPSA) is 137 Å². The predicted octanol–water partition coefficient (Wildman–Crippen LogP) is 5.83. The van der Waals surface area contributed by atoms with Gasteiger partial charge in [-0.2, -0.15) is 13.3 Å². The molecule has 2 atom stereocenters. The normalized spacial score (nSPS) is 17.1. The molecule has 1 fully saturated rings. The maximum Gasteiger partial charge on any atom is 0.407 e. The van der Waals surface area contributed by atoms with Crippen LogP contribution in [0.3, 0.4) is 0 Å². The van der Waals surface area contributed by atoms with Gasteiger partial charge >= 0.3 is 12.6 Å². The molecule has 0 bridgehead atoms. The number of pyridine rings is 1. The second-order valence-corrected chi connectivity index (χ2v) is 14.8. The molecular weight excluding hydrogens is 747 g/mol. The summed E-state index contributed by atoms with van der Waals surface area (Å²) in [6.07, 6.45) is 1.85. The van der Waals surface area contributed by atoms with Gasteiger partial charge in [-0.3, -0.25) is 14.5 Å². The highest BCUT2D eigenvalue weighted by molar-refractivity contribution is 8.00. The summed E-state index contributed by atoms with van der Waals surface area (Å²) in [5.74, 6) is -2.63. The molecule has 0 radical (unpaired) electrons. The quantitative estimate of drug-likeness (QED) is 0.0447. The predicted molar refractivity (Wildman–Crippen MR) is 204 cm³/mol. The molecule has 4 heterocycles. The van der Waals surface area contributed by atoms with Crippen LogP contribution in [-0.2, 0) is 31.3 Å². The number of aliphatic carboxylic acids is 1. The molecule has 2 aliphatic heterocycles. The SMILES string of the molecule is Cc1ccc[n+](CC2=C(C(=O)O)N3C(=O)C(NC(=O)C(=NOC(F)F)c4csc(NC(c5ccccc5)(c5ccccc5)c5ccccc5)n4)[C@H]3SC2)c1C. The van der Waals surface area contributed by atoms with E-state index in [0.717, 1.165) is 44.2 Å². The number of carbonyl (C=O) groups is 3. The Bertz CT molecular complexity index is 2190. The number of anilines is 1. The fraction of sp³-hybridized carbons (Fsp3) is 0.200. The number of benzene rings is 3. The molecule has 2 aliphatic rings. The number of halogens is 2. The van der Waals surface area contributed by atoms with Gasteiger partial charge in [0.25, 0.3) is 11.8 Å². The van der Waals surface area contributed by atoms with Crippen molar-refractivity contribution in [3.05, 3.63) is 160 Å². The number of carbonyl (C=O) groups excluding carboxylic acids is 2. The lowest BCUT2D eigenvalue weighted by Crippen LogP contribution is -2.71.